The summed E-state index contributed by atoms with van der Waals surface area (Å²) in [7, 11) is 4.02. The van der Waals surface area contributed by atoms with Gasteiger partial charge in [0.2, 0.25) is 11.8 Å². The SMILES string of the molecule is CN(C)CCCN1C(=O)[C@H]2CC[C@@](C)(C1=O)C2(C)C. The quantitative estimate of drug-likeness (QED) is 0.728. The van der Waals surface area contributed by atoms with Gasteiger partial charge in [-0.05, 0) is 45.3 Å². The van der Waals surface area contributed by atoms with Crippen molar-refractivity contribution in [3.05, 3.63) is 0 Å². The first-order valence-electron chi connectivity index (χ1n) is 7.22. The molecule has 1 aliphatic carbocycles. The summed E-state index contributed by atoms with van der Waals surface area (Å²) in [5.41, 5.74) is -0.553. The van der Waals surface area contributed by atoms with Gasteiger partial charge in [0.15, 0.2) is 0 Å². The molecule has 0 N–H and O–H groups in total. The Bertz CT molecular complexity index is 403. The number of hydrogen-bond acceptors (Lipinski definition) is 3. The van der Waals surface area contributed by atoms with Crippen molar-refractivity contribution >= 4 is 11.8 Å². The topological polar surface area (TPSA) is 40.6 Å². The van der Waals surface area contributed by atoms with E-state index in [9.17, 15) is 9.59 Å². The average Bonchev–Trinajstić information content (AvgIpc) is 2.49. The van der Waals surface area contributed by atoms with E-state index in [1.54, 1.807) is 0 Å². The highest BCUT2D eigenvalue weighted by atomic mass is 16.2. The Labute approximate surface area is 116 Å². The van der Waals surface area contributed by atoms with Gasteiger partial charge in [-0.15, -0.1) is 0 Å². The molecule has 2 atom stereocenters. The minimum atomic E-state index is -0.357. The average molecular weight is 266 g/mol. The first kappa shape index (κ1) is 14.5. The third-order valence-corrected chi connectivity index (χ3v) is 5.49. The number of amides is 2. The summed E-state index contributed by atoms with van der Waals surface area (Å²) >= 11 is 0. The van der Waals surface area contributed by atoms with Crippen molar-refractivity contribution in [2.75, 3.05) is 27.2 Å². The van der Waals surface area contributed by atoms with Gasteiger partial charge in [-0.2, -0.15) is 0 Å². The maximum absolute atomic E-state index is 12.7. The Balaban J connectivity index is 2.16. The third-order valence-electron chi connectivity index (χ3n) is 5.49. The molecule has 19 heavy (non-hydrogen) atoms. The molecule has 108 valence electrons. The zero-order valence-corrected chi connectivity index (χ0v) is 12.8. The molecule has 2 fully saturated rings. The molecule has 1 heterocycles. The fourth-order valence-corrected chi connectivity index (χ4v) is 3.66. The predicted octanol–water partition coefficient (Wildman–Crippen LogP) is 1.75. The molecule has 0 spiro atoms. The smallest absolute Gasteiger partial charge is 0.235 e. The third kappa shape index (κ3) is 2.00. The lowest BCUT2D eigenvalue weighted by atomic mass is 9.62. The van der Waals surface area contributed by atoms with E-state index in [-0.39, 0.29) is 28.6 Å². The fourth-order valence-electron chi connectivity index (χ4n) is 3.66. The molecule has 4 heteroatoms. The summed E-state index contributed by atoms with van der Waals surface area (Å²) in [6, 6.07) is 0. The van der Waals surface area contributed by atoms with Gasteiger partial charge >= 0.3 is 0 Å². The fraction of sp³-hybridized carbons (Fsp3) is 0.867. The Morgan fingerprint density at radius 3 is 2.47 bits per heavy atom. The second kappa shape index (κ2) is 4.58. The summed E-state index contributed by atoms with van der Waals surface area (Å²) in [6.45, 7) is 7.68. The van der Waals surface area contributed by atoms with E-state index in [2.05, 4.69) is 18.7 Å². The van der Waals surface area contributed by atoms with Crippen LogP contribution in [0.2, 0.25) is 0 Å². The lowest BCUT2D eigenvalue weighted by molar-refractivity contribution is -0.167. The molecule has 2 aliphatic rings. The Morgan fingerprint density at radius 1 is 1.26 bits per heavy atom. The van der Waals surface area contributed by atoms with Gasteiger partial charge in [0, 0.05) is 12.5 Å². The molecule has 0 radical (unpaired) electrons. The van der Waals surface area contributed by atoms with Crippen LogP contribution in [0.4, 0.5) is 0 Å². The highest BCUT2D eigenvalue weighted by Gasteiger charge is 2.64. The zero-order chi connectivity index (χ0) is 14.4. The Hall–Kier alpha value is -0.900. The van der Waals surface area contributed by atoms with E-state index < -0.39 is 0 Å². The summed E-state index contributed by atoms with van der Waals surface area (Å²) in [6.07, 6.45) is 2.56. The molecule has 2 rings (SSSR count). The largest absolute Gasteiger partial charge is 0.309 e. The highest BCUT2D eigenvalue weighted by molar-refractivity contribution is 6.03. The van der Waals surface area contributed by atoms with Gasteiger partial charge in [0.05, 0.1) is 5.41 Å². The molecule has 1 saturated heterocycles. The van der Waals surface area contributed by atoms with Crippen LogP contribution in [0, 0.1) is 16.7 Å². The normalized spacial score (nSPS) is 33.4. The molecular weight excluding hydrogens is 240 g/mol. The van der Waals surface area contributed by atoms with E-state index in [0.717, 1.165) is 25.8 Å². The van der Waals surface area contributed by atoms with Crippen LogP contribution in [0.15, 0.2) is 0 Å². The van der Waals surface area contributed by atoms with Crippen molar-refractivity contribution < 1.29 is 9.59 Å². The summed E-state index contributed by atoms with van der Waals surface area (Å²) in [4.78, 5) is 28.8. The van der Waals surface area contributed by atoms with Crippen LogP contribution in [0.25, 0.3) is 0 Å². The van der Waals surface area contributed by atoms with Crippen LogP contribution in [-0.4, -0.2) is 48.8 Å². The number of fused-ring (bicyclic) bond motifs is 2. The van der Waals surface area contributed by atoms with E-state index in [0.29, 0.717) is 6.54 Å². The second-order valence-electron chi connectivity index (χ2n) is 7.10. The molecule has 0 aromatic rings. The first-order valence-corrected chi connectivity index (χ1v) is 7.22. The van der Waals surface area contributed by atoms with Crippen molar-refractivity contribution in [1.29, 1.82) is 0 Å². The number of likely N-dealkylation sites (tertiary alicyclic amines) is 1. The van der Waals surface area contributed by atoms with Gasteiger partial charge in [0.1, 0.15) is 0 Å². The van der Waals surface area contributed by atoms with Crippen molar-refractivity contribution in [1.82, 2.24) is 9.80 Å². The Kier molecular flexibility index (Phi) is 3.50. The first-order chi connectivity index (χ1) is 8.72. The summed E-state index contributed by atoms with van der Waals surface area (Å²) in [5, 5.41) is 0. The number of carbonyl (C=O) groups is 2. The number of piperidine rings is 1. The molecule has 0 aromatic carbocycles. The van der Waals surface area contributed by atoms with Gasteiger partial charge in [-0.25, -0.2) is 0 Å². The van der Waals surface area contributed by atoms with Crippen molar-refractivity contribution in [3.63, 3.8) is 0 Å². The summed E-state index contributed by atoms with van der Waals surface area (Å²) in [5.74, 6) is 0.133. The van der Waals surface area contributed by atoms with Crippen molar-refractivity contribution in [3.8, 4) is 0 Å². The lowest BCUT2D eigenvalue weighted by Crippen LogP contribution is -2.59. The van der Waals surface area contributed by atoms with Crippen molar-refractivity contribution in [2.24, 2.45) is 16.7 Å². The van der Waals surface area contributed by atoms with Gasteiger partial charge < -0.3 is 4.90 Å². The number of nitrogens with zero attached hydrogens (tertiary/aromatic N) is 2. The highest BCUT2D eigenvalue weighted by Crippen LogP contribution is 2.59. The summed E-state index contributed by atoms with van der Waals surface area (Å²) < 4.78 is 0. The number of hydrogen-bond donors (Lipinski definition) is 0. The van der Waals surface area contributed by atoms with Crippen LogP contribution in [-0.2, 0) is 9.59 Å². The molecule has 1 aliphatic heterocycles. The molecule has 1 saturated carbocycles. The van der Waals surface area contributed by atoms with Crippen LogP contribution in [0.1, 0.15) is 40.0 Å². The van der Waals surface area contributed by atoms with Crippen LogP contribution in [0.3, 0.4) is 0 Å². The van der Waals surface area contributed by atoms with Crippen LogP contribution in [0.5, 0.6) is 0 Å². The molecule has 0 unspecified atom stereocenters. The molecule has 2 bridgehead atoms. The molecule has 2 amide bonds. The van der Waals surface area contributed by atoms with E-state index in [4.69, 9.17) is 0 Å². The van der Waals surface area contributed by atoms with Crippen LogP contribution < -0.4 is 0 Å². The minimum Gasteiger partial charge on any atom is -0.309 e. The molecular formula is C15H26N2O2. The van der Waals surface area contributed by atoms with E-state index in [1.165, 1.54) is 4.90 Å². The number of rotatable bonds is 4. The molecule has 4 nitrogen and oxygen atoms in total. The zero-order valence-electron chi connectivity index (χ0n) is 12.8. The van der Waals surface area contributed by atoms with Gasteiger partial charge in [-0.3, -0.25) is 14.5 Å². The van der Waals surface area contributed by atoms with Crippen molar-refractivity contribution in [2.45, 2.75) is 40.0 Å². The van der Waals surface area contributed by atoms with E-state index >= 15 is 0 Å². The predicted molar refractivity (Wildman–Crippen MR) is 74.5 cm³/mol. The molecule has 0 aromatic heterocycles. The standard InChI is InChI=1S/C15H26N2O2/c1-14(2)11-7-8-15(14,3)13(19)17(12(11)18)10-6-9-16(4)5/h11H,6-10H2,1-5H3/t11-,15+/m1/s1. The Morgan fingerprint density at radius 2 is 1.89 bits per heavy atom. The van der Waals surface area contributed by atoms with Gasteiger partial charge in [0.25, 0.3) is 0 Å². The van der Waals surface area contributed by atoms with E-state index in [1.807, 2.05) is 21.0 Å². The number of carbonyl (C=O) groups excluding carboxylic acids is 2. The second-order valence-corrected chi connectivity index (χ2v) is 7.10. The van der Waals surface area contributed by atoms with Crippen LogP contribution >= 0.6 is 0 Å². The maximum atomic E-state index is 12.7. The minimum absolute atomic E-state index is 0.0227. The lowest BCUT2D eigenvalue weighted by Gasteiger charge is -2.47. The van der Waals surface area contributed by atoms with Gasteiger partial charge in [-0.1, -0.05) is 20.8 Å². The number of imide groups is 1. The monoisotopic (exact) mass is 266 g/mol. The maximum Gasteiger partial charge on any atom is 0.235 e.